The summed E-state index contributed by atoms with van der Waals surface area (Å²) >= 11 is 0. The molecule has 0 aromatic rings. The van der Waals surface area contributed by atoms with E-state index in [2.05, 4.69) is 29.4 Å². The van der Waals surface area contributed by atoms with Crippen molar-refractivity contribution in [3.63, 3.8) is 0 Å². The standard InChI is InChI=1S/C13H27N3O2.2ClH/c1-11(9-14-4)12(17)15-10-13(2,3)16-5-7-18-8-6-16;;/h11,14H,5-10H2,1-4H3,(H,15,17);2*1H. The molecule has 0 aliphatic carbocycles. The van der Waals surface area contributed by atoms with E-state index in [1.54, 1.807) is 0 Å². The van der Waals surface area contributed by atoms with Crippen LogP contribution >= 0.6 is 24.8 Å². The van der Waals surface area contributed by atoms with Gasteiger partial charge in [-0.15, -0.1) is 24.8 Å². The highest BCUT2D eigenvalue weighted by Crippen LogP contribution is 2.15. The van der Waals surface area contributed by atoms with Crippen LogP contribution < -0.4 is 10.6 Å². The van der Waals surface area contributed by atoms with Crippen molar-refractivity contribution in [1.82, 2.24) is 15.5 Å². The normalized spacial score (nSPS) is 17.6. The van der Waals surface area contributed by atoms with Crippen LogP contribution in [0.5, 0.6) is 0 Å². The van der Waals surface area contributed by atoms with E-state index in [0.717, 1.165) is 26.3 Å². The Hall–Kier alpha value is -0.0700. The quantitative estimate of drug-likeness (QED) is 0.760. The third-order valence-corrected chi connectivity index (χ3v) is 3.52. The molecule has 2 N–H and O–H groups in total. The molecule has 7 heteroatoms. The fourth-order valence-corrected chi connectivity index (χ4v) is 2.16. The van der Waals surface area contributed by atoms with E-state index in [4.69, 9.17) is 4.74 Å². The third-order valence-electron chi connectivity index (χ3n) is 3.52. The second-order valence-electron chi connectivity index (χ2n) is 5.59. The van der Waals surface area contributed by atoms with Gasteiger partial charge in [-0.2, -0.15) is 0 Å². The van der Waals surface area contributed by atoms with Crippen molar-refractivity contribution >= 4 is 30.7 Å². The number of hydrogen-bond donors (Lipinski definition) is 2. The predicted molar refractivity (Wildman–Crippen MR) is 87.1 cm³/mol. The van der Waals surface area contributed by atoms with E-state index in [1.807, 2.05) is 14.0 Å². The molecule has 1 unspecified atom stereocenters. The third kappa shape index (κ3) is 7.09. The van der Waals surface area contributed by atoms with Crippen molar-refractivity contribution in [2.24, 2.45) is 5.92 Å². The molecule has 1 rings (SSSR count). The number of carbonyl (C=O) groups excluding carboxylic acids is 1. The molecule has 1 fully saturated rings. The van der Waals surface area contributed by atoms with E-state index < -0.39 is 0 Å². The summed E-state index contributed by atoms with van der Waals surface area (Å²) in [7, 11) is 1.86. The van der Waals surface area contributed by atoms with Crippen LogP contribution in [0.4, 0.5) is 0 Å². The molecule has 1 atom stereocenters. The molecule has 0 spiro atoms. The molecule has 1 aliphatic rings. The summed E-state index contributed by atoms with van der Waals surface area (Å²) in [5.41, 5.74) is -0.0151. The Labute approximate surface area is 135 Å². The molecule has 20 heavy (non-hydrogen) atoms. The summed E-state index contributed by atoms with van der Waals surface area (Å²) in [4.78, 5) is 14.2. The Morgan fingerprint density at radius 2 is 1.85 bits per heavy atom. The van der Waals surface area contributed by atoms with Gasteiger partial charge in [0.15, 0.2) is 0 Å². The lowest BCUT2D eigenvalue weighted by atomic mass is 10.0. The van der Waals surface area contributed by atoms with Gasteiger partial charge < -0.3 is 15.4 Å². The molecule has 1 heterocycles. The first-order valence-corrected chi connectivity index (χ1v) is 6.72. The van der Waals surface area contributed by atoms with Crippen LogP contribution in [0.1, 0.15) is 20.8 Å². The summed E-state index contributed by atoms with van der Waals surface area (Å²) in [6.07, 6.45) is 0. The largest absolute Gasteiger partial charge is 0.379 e. The predicted octanol–water partition coefficient (Wildman–Crippen LogP) is 0.912. The summed E-state index contributed by atoms with van der Waals surface area (Å²) in [6, 6.07) is 0. The molecule has 1 aliphatic heterocycles. The summed E-state index contributed by atoms with van der Waals surface area (Å²) in [6.45, 7) is 11.1. The van der Waals surface area contributed by atoms with Crippen molar-refractivity contribution in [2.45, 2.75) is 26.3 Å². The minimum atomic E-state index is -0.0151. The van der Waals surface area contributed by atoms with Gasteiger partial charge in [0.1, 0.15) is 0 Å². The zero-order chi connectivity index (χ0) is 13.6. The molecule has 0 aromatic heterocycles. The van der Waals surface area contributed by atoms with Gasteiger partial charge in [0.2, 0.25) is 5.91 Å². The molecular formula is C13H29Cl2N3O2. The number of nitrogens with zero attached hydrogens (tertiary/aromatic N) is 1. The number of morpholine rings is 1. The Balaban J connectivity index is 0. The van der Waals surface area contributed by atoms with Crippen LogP contribution in [0.2, 0.25) is 0 Å². The van der Waals surface area contributed by atoms with Gasteiger partial charge in [-0.05, 0) is 20.9 Å². The zero-order valence-electron chi connectivity index (χ0n) is 12.9. The van der Waals surface area contributed by atoms with E-state index >= 15 is 0 Å². The molecule has 0 aromatic carbocycles. The summed E-state index contributed by atoms with van der Waals surface area (Å²) < 4.78 is 5.35. The van der Waals surface area contributed by atoms with Crippen LogP contribution in [-0.2, 0) is 9.53 Å². The number of nitrogens with one attached hydrogen (secondary N) is 2. The number of carbonyl (C=O) groups is 1. The SMILES string of the molecule is CNCC(C)C(=O)NCC(C)(C)N1CCOCC1.Cl.Cl. The number of amides is 1. The molecule has 0 radical (unpaired) electrons. The van der Waals surface area contributed by atoms with Crippen molar-refractivity contribution in [3.05, 3.63) is 0 Å². The second kappa shape index (κ2) is 10.6. The van der Waals surface area contributed by atoms with Crippen molar-refractivity contribution in [1.29, 1.82) is 0 Å². The van der Waals surface area contributed by atoms with Crippen molar-refractivity contribution in [3.8, 4) is 0 Å². The maximum absolute atomic E-state index is 11.9. The van der Waals surface area contributed by atoms with E-state index in [0.29, 0.717) is 13.1 Å². The monoisotopic (exact) mass is 329 g/mol. The average molecular weight is 330 g/mol. The van der Waals surface area contributed by atoms with E-state index in [-0.39, 0.29) is 42.2 Å². The lowest BCUT2D eigenvalue weighted by Gasteiger charge is -2.41. The molecule has 0 saturated carbocycles. The minimum Gasteiger partial charge on any atom is -0.379 e. The maximum Gasteiger partial charge on any atom is 0.224 e. The van der Waals surface area contributed by atoms with Gasteiger partial charge in [-0.1, -0.05) is 6.92 Å². The van der Waals surface area contributed by atoms with Gasteiger partial charge in [0.05, 0.1) is 13.2 Å². The fraction of sp³-hybridized carbons (Fsp3) is 0.923. The van der Waals surface area contributed by atoms with E-state index in [1.165, 1.54) is 0 Å². The van der Waals surface area contributed by atoms with Gasteiger partial charge in [0, 0.05) is 37.6 Å². The number of rotatable bonds is 6. The number of ether oxygens (including phenoxy) is 1. The highest BCUT2D eigenvalue weighted by molar-refractivity contribution is 5.85. The molecule has 0 bridgehead atoms. The first-order chi connectivity index (χ1) is 8.47. The summed E-state index contributed by atoms with van der Waals surface area (Å²) in [5.74, 6) is 0.126. The Bertz CT molecular complexity index is 272. The van der Waals surface area contributed by atoms with Crippen molar-refractivity contribution in [2.75, 3.05) is 46.4 Å². The number of hydrogen-bond acceptors (Lipinski definition) is 4. The van der Waals surface area contributed by atoms with Gasteiger partial charge in [-0.3, -0.25) is 9.69 Å². The molecule has 5 nitrogen and oxygen atoms in total. The van der Waals surface area contributed by atoms with Gasteiger partial charge >= 0.3 is 0 Å². The van der Waals surface area contributed by atoms with Crippen LogP contribution in [0.3, 0.4) is 0 Å². The van der Waals surface area contributed by atoms with Crippen LogP contribution in [-0.4, -0.2) is 62.8 Å². The fourth-order valence-electron chi connectivity index (χ4n) is 2.16. The Morgan fingerprint density at radius 1 is 1.30 bits per heavy atom. The lowest BCUT2D eigenvalue weighted by molar-refractivity contribution is -0.125. The van der Waals surface area contributed by atoms with E-state index in [9.17, 15) is 4.79 Å². The topological polar surface area (TPSA) is 53.6 Å². The smallest absolute Gasteiger partial charge is 0.224 e. The Kier molecular flexibility index (Phi) is 11.8. The highest BCUT2D eigenvalue weighted by Gasteiger charge is 2.28. The molecule has 122 valence electrons. The van der Waals surface area contributed by atoms with Crippen LogP contribution in [0.15, 0.2) is 0 Å². The second-order valence-corrected chi connectivity index (χ2v) is 5.59. The van der Waals surface area contributed by atoms with Crippen molar-refractivity contribution < 1.29 is 9.53 Å². The van der Waals surface area contributed by atoms with Crippen LogP contribution in [0.25, 0.3) is 0 Å². The van der Waals surface area contributed by atoms with Gasteiger partial charge in [-0.25, -0.2) is 0 Å². The van der Waals surface area contributed by atoms with Crippen LogP contribution in [0, 0.1) is 5.92 Å². The average Bonchev–Trinajstić information content (AvgIpc) is 2.37. The summed E-state index contributed by atoms with van der Waals surface area (Å²) in [5, 5.41) is 6.06. The molecule has 1 amide bonds. The molecule has 1 saturated heterocycles. The number of halogens is 2. The van der Waals surface area contributed by atoms with Gasteiger partial charge in [0.25, 0.3) is 0 Å². The highest BCUT2D eigenvalue weighted by atomic mass is 35.5. The Morgan fingerprint density at radius 3 is 2.35 bits per heavy atom. The first kappa shape index (κ1) is 22.2. The minimum absolute atomic E-state index is 0. The first-order valence-electron chi connectivity index (χ1n) is 6.72. The zero-order valence-corrected chi connectivity index (χ0v) is 14.5. The lowest BCUT2D eigenvalue weighted by Crippen LogP contribution is -2.56. The molecular weight excluding hydrogens is 301 g/mol. The maximum atomic E-state index is 11.9.